The molecule has 0 fully saturated rings. The van der Waals surface area contributed by atoms with Crippen molar-refractivity contribution >= 4 is 5.78 Å². The fourth-order valence-electron chi connectivity index (χ4n) is 1.73. The van der Waals surface area contributed by atoms with E-state index in [4.69, 9.17) is 14.9 Å². The van der Waals surface area contributed by atoms with E-state index in [2.05, 4.69) is 0 Å². The van der Waals surface area contributed by atoms with Gasteiger partial charge < -0.3 is 14.9 Å². The third-order valence-electron chi connectivity index (χ3n) is 2.42. The first-order valence-corrected chi connectivity index (χ1v) is 4.92. The first-order valence-electron chi connectivity index (χ1n) is 4.92. The van der Waals surface area contributed by atoms with E-state index in [9.17, 15) is 9.18 Å². The summed E-state index contributed by atoms with van der Waals surface area (Å²) < 4.78 is 18.2. The van der Waals surface area contributed by atoms with Gasteiger partial charge in [0.05, 0.1) is 5.56 Å². The number of Topliss-reactive ketones (excluding diaryl/α,β-unsaturated/α-hetero) is 1. The smallest absolute Gasteiger partial charge is 0.170 e. The molecule has 0 spiro atoms. The fraction of sp³-hybridized carbons (Fsp3) is 0.364. The van der Waals surface area contributed by atoms with Gasteiger partial charge in [0.2, 0.25) is 0 Å². The number of ether oxygens (including phenoxy) is 1. The number of halogens is 1. The summed E-state index contributed by atoms with van der Waals surface area (Å²) in [5.41, 5.74) is 0.212. The molecule has 0 aliphatic carbocycles. The molecule has 2 rings (SSSR count). The molecule has 1 heterocycles. The highest BCUT2D eigenvalue weighted by Gasteiger charge is 2.27. The van der Waals surface area contributed by atoms with E-state index in [1.54, 1.807) is 0 Å². The maximum absolute atomic E-state index is 12.9. The van der Waals surface area contributed by atoms with Crippen LogP contribution in [0.15, 0.2) is 18.2 Å². The van der Waals surface area contributed by atoms with Crippen LogP contribution in [0.3, 0.4) is 0 Å². The Kier molecular flexibility index (Phi) is 2.89. The number of benzene rings is 1. The summed E-state index contributed by atoms with van der Waals surface area (Å²) in [6, 6.07) is 3.70. The van der Waals surface area contributed by atoms with Crippen molar-refractivity contribution in [3.05, 3.63) is 29.6 Å². The summed E-state index contributed by atoms with van der Waals surface area (Å²) in [5, 5.41) is 17.6. The van der Waals surface area contributed by atoms with E-state index >= 15 is 0 Å². The average Bonchev–Trinajstić information content (AvgIpc) is 2.18. The number of hydrogen-bond acceptors (Lipinski definition) is 4. The molecule has 0 radical (unpaired) electrons. The van der Waals surface area contributed by atoms with Crippen LogP contribution in [-0.2, 0) is 0 Å². The molecule has 0 saturated heterocycles. The molecule has 0 amide bonds. The molecular weight excluding hydrogens is 215 g/mol. The number of carbonyl (C=O) groups excluding carboxylic acids is 1. The van der Waals surface area contributed by atoms with Crippen molar-refractivity contribution in [3.63, 3.8) is 0 Å². The Balaban J connectivity index is 2.23. The van der Waals surface area contributed by atoms with Crippen molar-refractivity contribution in [3.8, 4) is 5.75 Å². The molecule has 5 heteroatoms. The van der Waals surface area contributed by atoms with Gasteiger partial charge >= 0.3 is 0 Å². The third kappa shape index (κ3) is 2.20. The van der Waals surface area contributed by atoms with E-state index < -0.39 is 18.2 Å². The van der Waals surface area contributed by atoms with Crippen LogP contribution in [0.2, 0.25) is 0 Å². The van der Waals surface area contributed by atoms with Crippen molar-refractivity contribution in [2.45, 2.75) is 25.2 Å². The fourth-order valence-corrected chi connectivity index (χ4v) is 1.73. The lowest BCUT2D eigenvalue weighted by Crippen LogP contribution is -2.30. The van der Waals surface area contributed by atoms with Gasteiger partial charge in [0, 0.05) is 12.8 Å². The Morgan fingerprint density at radius 2 is 2.25 bits per heavy atom. The Bertz CT molecular complexity index is 416. The van der Waals surface area contributed by atoms with Crippen molar-refractivity contribution in [1.29, 1.82) is 0 Å². The van der Waals surface area contributed by atoms with Gasteiger partial charge in [0.15, 0.2) is 12.1 Å². The SMILES string of the molecule is O=C1CC(CC(O)O)Oc2ccc(F)cc21. The largest absolute Gasteiger partial charge is 0.489 e. The molecule has 0 saturated carbocycles. The Morgan fingerprint density at radius 3 is 2.94 bits per heavy atom. The number of aliphatic hydroxyl groups is 2. The quantitative estimate of drug-likeness (QED) is 0.734. The highest BCUT2D eigenvalue weighted by atomic mass is 19.1. The normalized spacial score (nSPS) is 19.5. The van der Waals surface area contributed by atoms with E-state index in [0.717, 1.165) is 6.07 Å². The molecule has 1 unspecified atom stereocenters. The first kappa shape index (κ1) is 11.0. The van der Waals surface area contributed by atoms with Crippen LogP contribution < -0.4 is 4.74 Å². The predicted octanol–water partition coefficient (Wildman–Crippen LogP) is 0.860. The van der Waals surface area contributed by atoms with Crippen molar-refractivity contribution in [2.75, 3.05) is 0 Å². The van der Waals surface area contributed by atoms with Crippen LogP contribution in [-0.4, -0.2) is 28.4 Å². The highest BCUT2D eigenvalue weighted by molar-refractivity contribution is 5.99. The van der Waals surface area contributed by atoms with Crippen LogP contribution in [0, 0.1) is 5.82 Å². The standard InChI is InChI=1S/C11H11FO4/c12-6-1-2-10-8(3-6)9(13)4-7(16-10)5-11(14)15/h1-3,7,11,14-15H,4-5H2. The first-order chi connectivity index (χ1) is 7.56. The molecule has 4 nitrogen and oxygen atoms in total. The van der Waals surface area contributed by atoms with Crippen LogP contribution >= 0.6 is 0 Å². The van der Waals surface area contributed by atoms with E-state index in [0.29, 0.717) is 5.75 Å². The van der Waals surface area contributed by atoms with Gasteiger partial charge in [-0.2, -0.15) is 0 Å². The van der Waals surface area contributed by atoms with E-state index in [1.807, 2.05) is 0 Å². The lowest BCUT2D eigenvalue weighted by molar-refractivity contribution is -0.0664. The van der Waals surface area contributed by atoms with Crippen LogP contribution in [0.4, 0.5) is 4.39 Å². The molecule has 86 valence electrons. The Hall–Kier alpha value is -1.46. The second-order valence-electron chi connectivity index (χ2n) is 3.72. The number of fused-ring (bicyclic) bond motifs is 1. The number of hydrogen-bond donors (Lipinski definition) is 2. The molecule has 1 aliphatic heterocycles. The summed E-state index contributed by atoms with van der Waals surface area (Å²) in [4.78, 5) is 11.6. The second kappa shape index (κ2) is 4.19. The number of rotatable bonds is 2. The zero-order chi connectivity index (χ0) is 11.7. The molecule has 1 atom stereocenters. The highest BCUT2D eigenvalue weighted by Crippen LogP contribution is 2.29. The average molecular weight is 226 g/mol. The topological polar surface area (TPSA) is 66.8 Å². The monoisotopic (exact) mass is 226 g/mol. The number of carbonyl (C=O) groups is 1. The van der Waals surface area contributed by atoms with Gasteiger partial charge in [-0.25, -0.2) is 4.39 Å². The van der Waals surface area contributed by atoms with Gasteiger partial charge in [0.25, 0.3) is 0 Å². The van der Waals surface area contributed by atoms with Crippen LogP contribution in [0.5, 0.6) is 5.75 Å². The number of aliphatic hydroxyl groups excluding tert-OH is 1. The molecule has 0 aromatic heterocycles. The minimum atomic E-state index is -1.51. The third-order valence-corrected chi connectivity index (χ3v) is 2.42. The summed E-state index contributed by atoms with van der Waals surface area (Å²) >= 11 is 0. The van der Waals surface area contributed by atoms with Gasteiger partial charge in [-0.1, -0.05) is 0 Å². The van der Waals surface area contributed by atoms with E-state index in [1.165, 1.54) is 12.1 Å². The van der Waals surface area contributed by atoms with Gasteiger partial charge in [-0.15, -0.1) is 0 Å². The van der Waals surface area contributed by atoms with Crippen molar-refractivity contribution in [2.24, 2.45) is 0 Å². The zero-order valence-electron chi connectivity index (χ0n) is 8.39. The maximum atomic E-state index is 12.9. The minimum Gasteiger partial charge on any atom is -0.489 e. The second-order valence-corrected chi connectivity index (χ2v) is 3.72. The lowest BCUT2D eigenvalue weighted by atomic mass is 9.99. The summed E-state index contributed by atoms with van der Waals surface area (Å²) in [6.07, 6.45) is -2.08. The zero-order valence-corrected chi connectivity index (χ0v) is 8.39. The van der Waals surface area contributed by atoms with E-state index in [-0.39, 0.29) is 24.2 Å². The lowest BCUT2D eigenvalue weighted by Gasteiger charge is -2.25. The molecule has 1 aromatic rings. The Labute approximate surface area is 91.3 Å². The maximum Gasteiger partial charge on any atom is 0.170 e. The van der Waals surface area contributed by atoms with Gasteiger partial charge in [0.1, 0.15) is 17.7 Å². The summed E-state index contributed by atoms with van der Waals surface area (Å²) in [6.45, 7) is 0. The molecule has 1 aliphatic rings. The van der Waals surface area contributed by atoms with Crippen LogP contribution in [0.1, 0.15) is 23.2 Å². The molecule has 1 aromatic carbocycles. The summed E-state index contributed by atoms with van der Waals surface area (Å²) in [5.74, 6) is -0.439. The van der Waals surface area contributed by atoms with Crippen LogP contribution in [0.25, 0.3) is 0 Å². The van der Waals surface area contributed by atoms with Crippen molar-refractivity contribution in [1.82, 2.24) is 0 Å². The van der Waals surface area contributed by atoms with Gasteiger partial charge in [-0.3, -0.25) is 4.79 Å². The Morgan fingerprint density at radius 1 is 1.50 bits per heavy atom. The minimum absolute atomic E-state index is 0.0358. The number of ketones is 1. The molecule has 16 heavy (non-hydrogen) atoms. The molecular formula is C11H11FO4. The van der Waals surface area contributed by atoms with Crippen molar-refractivity contribution < 1.29 is 24.1 Å². The molecule has 0 bridgehead atoms. The summed E-state index contributed by atoms with van der Waals surface area (Å²) in [7, 11) is 0. The van der Waals surface area contributed by atoms with Gasteiger partial charge in [-0.05, 0) is 18.2 Å². The molecule has 2 N–H and O–H groups in total. The predicted molar refractivity (Wildman–Crippen MR) is 52.6 cm³/mol.